The van der Waals surface area contributed by atoms with Crippen molar-refractivity contribution in [2.75, 3.05) is 40.9 Å². The number of carbonyl (C=O) groups is 1. The molecule has 0 rings (SSSR count). The van der Waals surface area contributed by atoms with E-state index < -0.39 is 26.6 Å². The number of likely N-dealkylation sites (N-methyl/N-ethyl adjacent to an activating group) is 1. The van der Waals surface area contributed by atoms with E-state index in [0.717, 1.165) is 116 Å². The summed E-state index contributed by atoms with van der Waals surface area (Å²) in [5.74, 6) is -0.228. The monoisotopic (exact) mass is 965 g/mol. The molecule has 0 aromatic carbocycles. The second-order valence-electron chi connectivity index (χ2n) is 18.8. The summed E-state index contributed by atoms with van der Waals surface area (Å²) in [6, 6.07) is -0.920. The van der Waals surface area contributed by atoms with Gasteiger partial charge < -0.3 is 28.8 Å². The molecule has 0 saturated heterocycles. The van der Waals surface area contributed by atoms with E-state index in [-0.39, 0.29) is 12.5 Å². The largest absolute Gasteiger partial charge is 0.756 e. The predicted molar refractivity (Wildman–Crippen MR) is 292 cm³/mol. The Morgan fingerprint density at radius 2 is 0.912 bits per heavy atom. The first-order valence-electron chi connectivity index (χ1n) is 26.9. The van der Waals surface area contributed by atoms with Crippen molar-refractivity contribution in [2.24, 2.45) is 0 Å². The fraction of sp³-hybridized carbons (Fsp3) is 0.644. The highest BCUT2D eigenvalue weighted by Gasteiger charge is 2.23. The number of allylic oxidation sites excluding steroid dienone is 19. The SMILES string of the molecule is CC/C=C\C/C=C\C/C=C\C/C=C\C/C=C\C/C=C\C/C=C\C/C=C\CCCCCCCCC(=O)NC(COP(=O)([O-])OCC[N+](C)(C)C)C(O)/C=C/CC/C=C/CCCCCCCCCCC. The third kappa shape index (κ3) is 50.8. The average molecular weight is 965 g/mol. The number of hydrogen-bond acceptors (Lipinski definition) is 6. The molecule has 0 saturated carbocycles. The lowest BCUT2D eigenvalue weighted by Gasteiger charge is -2.29. The van der Waals surface area contributed by atoms with Crippen LogP contribution in [-0.2, 0) is 18.4 Å². The molecule has 0 spiro atoms. The normalized spacial score (nSPS) is 15.0. The van der Waals surface area contributed by atoms with E-state index in [1.807, 2.05) is 27.2 Å². The van der Waals surface area contributed by atoms with Crippen LogP contribution in [0.3, 0.4) is 0 Å². The Kier molecular flexibility index (Phi) is 46.7. The van der Waals surface area contributed by atoms with Crippen LogP contribution in [0.5, 0.6) is 0 Å². The van der Waals surface area contributed by atoms with Crippen LogP contribution < -0.4 is 10.2 Å². The summed E-state index contributed by atoms with van der Waals surface area (Å²) in [5, 5.41) is 13.8. The lowest BCUT2D eigenvalue weighted by molar-refractivity contribution is -0.870. The second kappa shape index (κ2) is 48.9. The van der Waals surface area contributed by atoms with Crippen molar-refractivity contribution in [3.05, 3.63) is 122 Å². The molecule has 3 unspecified atom stereocenters. The maximum Gasteiger partial charge on any atom is 0.268 e. The molecule has 0 aliphatic rings. The van der Waals surface area contributed by atoms with Gasteiger partial charge in [0.15, 0.2) is 0 Å². The number of quaternary nitrogens is 1. The second-order valence-corrected chi connectivity index (χ2v) is 20.2. The Morgan fingerprint density at radius 1 is 0.529 bits per heavy atom. The molecule has 9 heteroatoms. The lowest BCUT2D eigenvalue weighted by Crippen LogP contribution is -2.45. The van der Waals surface area contributed by atoms with E-state index in [1.54, 1.807) is 6.08 Å². The third-order valence-electron chi connectivity index (χ3n) is 11.2. The Morgan fingerprint density at radius 3 is 1.37 bits per heavy atom. The fourth-order valence-corrected chi connectivity index (χ4v) is 7.67. The summed E-state index contributed by atoms with van der Waals surface area (Å²) < 4.78 is 23.3. The highest BCUT2D eigenvalue weighted by Crippen LogP contribution is 2.38. The third-order valence-corrected chi connectivity index (χ3v) is 12.1. The van der Waals surface area contributed by atoms with Crippen LogP contribution in [0.4, 0.5) is 0 Å². The lowest BCUT2D eigenvalue weighted by atomic mass is 10.1. The number of phosphoric acid groups is 1. The Bertz CT molecular complexity index is 1510. The summed E-state index contributed by atoms with van der Waals surface area (Å²) >= 11 is 0. The van der Waals surface area contributed by atoms with Gasteiger partial charge in [-0.25, -0.2) is 0 Å². The van der Waals surface area contributed by atoms with Crippen molar-refractivity contribution < 1.29 is 32.9 Å². The zero-order valence-electron chi connectivity index (χ0n) is 44.0. The first-order chi connectivity index (χ1) is 33.0. The van der Waals surface area contributed by atoms with Gasteiger partial charge in [0.05, 0.1) is 39.9 Å². The van der Waals surface area contributed by atoms with Crippen molar-refractivity contribution in [3.63, 3.8) is 0 Å². The van der Waals surface area contributed by atoms with Crippen LogP contribution in [0.1, 0.15) is 194 Å². The Labute approximate surface area is 418 Å². The quantitative estimate of drug-likeness (QED) is 0.0272. The summed E-state index contributed by atoms with van der Waals surface area (Å²) in [7, 11) is 1.21. The van der Waals surface area contributed by atoms with Crippen molar-refractivity contribution in [1.82, 2.24) is 5.32 Å². The highest BCUT2D eigenvalue weighted by molar-refractivity contribution is 7.45. The van der Waals surface area contributed by atoms with Crippen LogP contribution in [0.25, 0.3) is 0 Å². The fourth-order valence-electron chi connectivity index (χ4n) is 6.95. The van der Waals surface area contributed by atoms with E-state index in [2.05, 4.69) is 129 Å². The first kappa shape index (κ1) is 64.9. The molecule has 0 fully saturated rings. The number of phosphoric ester groups is 1. The van der Waals surface area contributed by atoms with Crippen molar-refractivity contribution in [2.45, 2.75) is 206 Å². The predicted octanol–water partition coefficient (Wildman–Crippen LogP) is 15.6. The van der Waals surface area contributed by atoms with Crippen molar-refractivity contribution in [3.8, 4) is 0 Å². The van der Waals surface area contributed by atoms with Gasteiger partial charge in [-0.3, -0.25) is 9.36 Å². The summed E-state index contributed by atoms with van der Waals surface area (Å²) in [6.45, 7) is 4.47. The number of amides is 1. The van der Waals surface area contributed by atoms with Gasteiger partial charge in [0.25, 0.3) is 7.82 Å². The van der Waals surface area contributed by atoms with E-state index in [1.165, 1.54) is 57.8 Å². The minimum absolute atomic E-state index is 0.0163. The van der Waals surface area contributed by atoms with Gasteiger partial charge in [0.2, 0.25) is 5.91 Å². The van der Waals surface area contributed by atoms with Gasteiger partial charge in [-0.15, -0.1) is 0 Å². The molecule has 0 aliphatic heterocycles. The zero-order chi connectivity index (χ0) is 49.9. The topological polar surface area (TPSA) is 108 Å². The number of nitrogens with one attached hydrogen (secondary N) is 1. The molecular formula is C59H101N2O6P. The van der Waals surface area contributed by atoms with Gasteiger partial charge in [0, 0.05) is 6.42 Å². The number of carbonyl (C=O) groups excluding carboxylic acids is 1. The Balaban J connectivity index is 4.32. The van der Waals surface area contributed by atoms with Gasteiger partial charge >= 0.3 is 0 Å². The molecule has 0 aromatic rings. The zero-order valence-corrected chi connectivity index (χ0v) is 44.9. The smallest absolute Gasteiger partial charge is 0.268 e. The molecule has 3 atom stereocenters. The Hall–Kier alpha value is -3.10. The van der Waals surface area contributed by atoms with E-state index in [4.69, 9.17) is 9.05 Å². The number of nitrogens with zero attached hydrogens (tertiary/aromatic N) is 1. The summed E-state index contributed by atoms with van der Waals surface area (Å²) in [5.41, 5.74) is 0. The van der Waals surface area contributed by atoms with E-state index >= 15 is 0 Å². The maximum atomic E-state index is 12.9. The van der Waals surface area contributed by atoms with E-state index in [9.17, 15) is 19.4 Å². The van der Waals surface area contributed by atoms with Gasteiger partial charge in [-0.1, -0.05) is 212 Å². The molecule has 0 radical (unpaired) electrons. The molecule has 0 bridgehead atoms. The van der Waals surface area contributed by atoms with Crippen LogP contribution in [0.15, 0.2) is 122 Å². The number of aliphatic hydroxyl groups excluding tert-OH is 1. The van der Waals surface area contributed by atoms with Gasteiger partial charge in [-0.2, -0.15) is 0 Å². The molecular weight excluding hydrogens is 864 g/mol. The van der Waals surface area contributed by atoms with Gasteiger partial charge in [-0.05, 0) is 96.3 Å². The number of rotatable bonds is 47. The van der Waals surface area contributed by atoms with Crippen LogP contribution >= 0.6 is 7.82 Å². The molecule has 2 N–H and O–H groups in total. The van der Waals surface area contributed by atoms with E-state index in [0.29, 0.717) is 17.4 Å². The molecule has 8 nitrogen and oxygen atoms in total. The van der Waals surface area contributed by atoms with Gasteiger partial charge in [0.1, 0.15) is 13.2 Å². The summed E-state index contributed by atoms with van der Waals surface area (Å²) in [4.78, 5) is 25.4. The molecule has 388 valence electrons. The molecule has 0 aromatic heterocycles. The molecule has 0 aliphatic carbocycles. The number of aliphatic hydroxyl groups is 1. The molecule has 68 heavy (non-hydrogen) atoms. The summed E-state index contributed by atoms with van der Waals surface area (Å²) in [6.07, 6.45) is 72.6. The van der Waals surface area contributed by atoms with Crippen molar-refractivity contribution >= 4 is 13.7 Å². The number of unbranched alkanes of at least 4 members (excludes halogenated alkanes) is 16. The minimum Gasteiger partial charge on any atom is -0.756 e. The maximum absolute atomic E-state index is 12.9. The average Bonchev–Trinajstić information content (AvgIpc) is 3.30. The van der Waals surface area contributed by atoms with Crippen molar-refractivity contribution in [1.29, 1.82) is 0 Å². The standard InChI is InChI=1S/C59H101N2O6P/c1-6-8-10-12-14-16-18-20-22-23-24-25-26-27-28-29-30-31-32-33-34-35-36-37-39-41-43-45-47-49-51-53-59(63)60-57(56-67-68(64,65)66-55-54-61(3,4)5)58(62)52-50-48-46-44-42-40-38-21-19-17-15-13-11-9-7-2/h8,10,14,16,20,22,24-25,27-28,30-31,33-34,36-37,42,44,50,52,57-58,62H,6-7,9,11-13,15,17-19,21,23,26,29,32,35,38-41,43,45-49,51,53-56H2,1-5H3,(H-,60,63,64,65)/b10-8-,16-14-,22-20-,25-24-,28-27-,31-30-,34-33-,37-36-,44-42+,52-50+. The van der Waals surface area contributed by atoms with Crippen LogP contribution in [0, 0.1) is 0 Å². The highest BCUT2D eigenvalue weighted by atomic mass is 31.2. The molecule has 1 amide bonds. The minimum atomic E-state index is -4.61. The van der Waals surface area contributed by atoms with Crippen LogP contribution in [-0.4, -0.2) is 68.5 Å². The van der Waals surface area contributed by atoms with Crippen LogP contribution in [0.2, 0.25) is 0 Å². The number of hydrogen-bond donors (Lipinski definition) is 2. The first-order valence-corrected chi connectivity index (χ1v) is 28.4. The molecule has 0 heterocycles.